The smallest absolute Gasteiger partial charge is 0.270 e. The number of aromatic nitrogens is 1. The van der Waals surface area contributed by atoms with E-state index in [1.807, 2.05) is 56.5 Å². The second kappa shape index (κ2) is 10.5. The number of amides is 1. The van der Waals surface area contributed by atoms with E-state index in [1.165, 1.54) is 6.92 Å². The first-order valence-corrected chi connectivity index (χ1v) is 11.6. The lowest BCUT2D eigenvalue weighted by molar-refractivity contribution is 0.0746. The quantitative estimate of drug-likeness (QED) is 0.416. The van der Waals surface area contributed by atoms with Crippen LogP contribution in [0.2, 0.25) is 0 Å². The number of ketones is 1. The number of hydrogen-bond acceptors (Lipinski definition) is 5. The number of nitrogens with zero attached hydrogens (tertiary/aromatic N) is 1. The molecule has 170 valence electrons. The number of aromatic amines is 1. The number of rotatable bonds is 10. The van der Waals surface area contributed by atoms with Gasteiger partial charge in [0.25, 0.3) is 5.91 Å². The zero-order valence-electron chi connectivity index (χ0n) is 19.3. The van der Waals surface area contributed by atoms with Crippen LogP contribution in [0.5, 0.6) is 11.5 Å². The van der Waals surface area contributed by atoms with Crippen LogP contribution in [0.1, 0.15) is 63.3 Å². The van der Waals surface area contributed by atoms with Gasteiger partial charge in [0.15, 0.2) is 17.3 Å². The molecule has 0 aliphatic carbocycles. The van der Waals surface area contributed by atoms with Crippen LogP contribution in [0, 0.1) is 6.92 Å². The fraction of sp³-hybridized carbons (Fsp3) is 0.360. The van der Waals surface area contributed by atoms with Crippen LogP contribution < -0.4 is 9.47 Å². The molecule has 6 nitrogen and oxygen atoms in total. The summed E-state index contributed by atoms with van der Waals surface area (Å²) in [6, 6.07) is 9.76. The molecule has 2 heterocycles. The number of Topliss-reactive ketones (excluding diaryl/α,β-unsaturated/α-hetero) is 1. The fourth-order valence-corrected chi connectivity index (χ4v) is 4.48. The third kappa shape index (κ3) is 5.05. The Hall–Kier alpha value is -3.06. The summed E-state index contributed by atoms with van der Waals surface area (Å²) < 4.78 is 11.4. The average molecular weight is 455 g/mol. The van der Waals surface area contributed by atoms with Gasteiger partial charge < -0.3 is 19.4 Å². The monoisotopic (exact) mass is 454 g/mol. The second-order valence-electron chi connectivity index (χ2n) is 7.56. The topological polar surface area (TPSA) is 71.6 Å². The third-order valence-corrected chi connectivity index (χ3v) is 6.28. The van der Waals surface area contributed by atoms with Crippen molar-refractivity contribution < 1.29 is 19.1 Å². The number of H-pyrrole nitrogens is 1. The number of ether oxygens (including phenoxy) is 2. The number of nitrogens with one attached hydrogen (secondary N) is 1. The number of benzene rings is 1. The lowest BCUT2D eigenvalue weighted by Crippen LogP contribution is -2.31. The van der Waals surface area contributed by atoms with E-state index in [-0.39, 0.29) is 11.7 Å². The zero-order valence-corrected chi connectivity index (χ0v) is 20.1. The Bertz CT molecular complexity index is 1090. The maximum atomic E-state index is 13.3. The van der Waals surface area contributed by atoms with E-state index < -0.39 is 0 Å². The summed E-state index contributed by atoms with van der Waals surface area (Å²) in [4.78, 5) is 31.5. The molecule has 0 unspecified atom stereocenters. The molecule has 3 aromatic rings. The molecule has 1 aromatic carbocycles. The van der Waals surface area contributed by atoms with E-state index in [4.69, 9.17) is 9.47 Å². The van der Waals surface area contributed by atoms with E-state index in [1.54, 1.807) is 23.3 Å². The van der Waals surface area contributed by atoms with Crippen LogP contribution >= 0.6 is 11.3 Å². The van der Waals surface area contributed by atoms with E-state index in [2.05, 4.69) is 4.98 Å². The normalized spacial score (nSPS) is 10.8. The first-order chi connectivity index (χ1) is 15.4. The summed E-state index contributed by atoms with van der Waals surface area (Å²) in [6.07, 6.45) is 0.613. The van der Waals surface area contributed by atoms with Gasteiger partial charge in [0, 0.05) is 29.2 Å². The lowest BCUT2D eigenvalue weighted by atomic mass is 10.0. The molecule has 3 rings (SSSR count). The maximum absolute atomic E-state index is 13.3. The first kappa shape index (κ1) is 23.6. The fourth-order valence-electron chi connectivity index (χ4n) is 3.87. The maximum Gasteiger partial charge on any atom is 0.270 e. The number of thiophene rings is 1. The van der Waals surface area contributed by atoms with Crippen LogP contribution in [-0.4, -0.2) is 35.2 Å². The summed E-state index contributed by atoms with van der Waals surface area (Å²) in [5.41, 5.74) is 3.59. The molecule has 1 N–H and O–H groups in total. The summed E-state index contributed by atoms with van der Waals surface area (Å²) in [6.45, 7) is 8.72. The van der Waals surface area contributed by atoms with Gasteiger partial charge in [0.2, 0.25) is 0 Å². The van der Waals surface area contributed by atoms with Crippen LogP contribution in [0.4, 0.5) is 0 Å². The van der Waals surface area contributed by atoms with Crippen LogP contribution in [-0.2, 0) is 19.6 Å². The number of hydrogen-bond donors (Lipinski definition) is 1. The van der Waals surface area contributed by atoms with E-state index in [9.17, 15) is 9.59 Å². The zero-order chi connectivity index (χ0) is 23.3. The highest BCUT2D eigenvalue weighted by Crippen LogP contribution is 2.30. The van der Waals surface area contributed by atoms with Crippen molar-refractivity contribution in [1.29, 1.82) is 0 Å². The van der Waals surface area contributed by atoms with Crippen molar-refractivity contribution in [3.8, 4) is 11.5 Å². The van der Waals surface area contributed by atoms with Gasteiger partial charge in [0.1, 0.15) is 12.3 Å². The molecule has 0 aliphatic rings. The predicted molar refractivity (Wildman–Crippen MR) is 127 cm³/mol. The molecule has 0 spiro atoms. The van der Waals surface area contributed by atoms with E-state index in [0.29, 0.717) is 48.9 Å². The Morgan fingerprint density at radius 3 is 2.53 bits per heavy atom. The van der Waals surface area contributed by atoms with Crippen LogP contribution in [0.15, 0.2) is 35.7 Å². The van der Waals surface area contributed by atoms with Crippen LogP contribution in [0.3, 0.4) is 0 Å². The number of carbonyl (C=O) groups is 2. The Morgan fingerprint density at radius 1 is 1.16 bits per heavy atom. The highest BCUT2D eigenvalue weighted by Gasteiger charge is 2.25. The summed E-state index contributed by atoms with van der Waals surface area (Å²) in [7, 11) is 1.61. The molecule has 0 saturated carbocycles. The van der Waals surface area contributed by atoms with Gasteiger partial charge >= 0.3 is 0 Å². The molecule has 0 radical (unpaired) electrons. The Labute approximate surface area is 193 Å². The van der Waals surface area contributed by atoms with Gasteiger partial charge in [-0.1, -0.05) is 19.1 Å². The van der Waals surface area contributed by atoms with Gasteiger partial charge in [-0.3, -0.25) is 9.59 Å². The SMILES string of the molecule is CCc1c(C(=O)N(CC)Cc2ccc(OCc3cccs3)c(OC)c2)[nH]c(C)c1C(C)=O. The van der Waals surface area contributed by atoms with Crippen LogP contribution in [0.25, 0.3) is 0 Å². The molecule has 32 heavy (non-hydrogen) atoms. The molecule has 0 atom stereocenters. The lowest BCUT2D eigenvalue weighted by Gasteiger charge is -2.22. The van der Waals surface area contributed by atoms with Gasteiger partial charge in [-0.05, 0) is 61.9 Å². The molecule has 0 bridgehead atoms. The van der Waals surface area contributed by atoms with Crippen molar-refractivity contribution in [3.05, 3.63) is 68.7 Å². The largest absolute Gasteiger partial charge is 0.493 e. The standard InChI is InChI=1S/C25H30N2O4S/c1-6-20-23(17(4)28)16(3)26-24(20)25(29)27(7-2)14-18-10-11-21(22(13-18)30-5)31-15-19-9-8-12-32-19/h8-13,26H,6-7,14-15H2,1-5H3. The summed E-state index contributed by atoms with van der Waals surface area (Å²) >= 11 is 1.64. The van der Waals surface area contributed by atoms with Gasteiger partial charge in [-0.2, -0.15) is 0 Å². The van der Waals surface area contributed by atoms with Crippen molar-refractivity contribution in [3.63, 3.8) is 0 Å². The summed E-state index contributed by atoms with van der Waals surface area (Å²) in [5.74, 6) is 1.15. The number of aryl methyl sites for hydroxylation is 1. The first-order valence-electron chi connectivity index (χ1n) is 10.7. The Morgan fingerprint density at radius 2 is 1.94 bits per heavy atom. The van der Waals surface area contributed by atoms with E-state index in [0.717, 1.165) is 21.7 Å². The van der Waals surface area contributed by atoms with Crippen molar-refractivity contribution in [2.24, 2.45) is 0 Å². The van der Waals surface area contributed by atoms with Crippen molar-refractivity contribution in [2.45, 2.75) is 47.3 Å². The van der Waals surface area contributed by atoms with Gasteiger partial charge in [-0.25, -0.2) is 0 Å². The molecule has 1 amide bonds. The molecule has 0 fully saturated rings. The third-order valence-electron chi connectivity index (χ3n) is 5.43. The highest BCUT2D eigenvalue weighted by atomic mass is 32.1. The number of methoxy groups -OCH3 is 1. The highest BCUT2D eigenvalue weighted by molar-refractivity contribution is 7.09. The van der Waals surface area contributed by atoms with Crippen molar-refractivity contribution in [2.75, 3.05) is 13.7 Å². The minimum atomic E-state index is -0.114. The molecule has 0 saturated heterocycles. The van der Waals surface area contributed by atoms with Crippen molar-refractivity contribution in [1.82, 2.24) is 9.88 Å². The van der Waals surface area contributed by atoms with E-state index >= 15 is 0 Å². The molecule has 0 aliphatic heterocycles. The number of carbonyl (C=O) groups excluding carboxylic acids is 2. The molecular weight excluding hydrogens is 424 g/mol. The van der Waals surface area contributed by atoms with Crippen molar-refractivity contribution >= 4 is 23.0 Å². The minimum Gasteiger partial charge on any atom is -0.493 e. The average Bonchev–Trinajstić information content (AvgIpc) is 3.42. The molecule has 7 heteroatoms. The Kier molecular flexibility index (Phi) is 7.75. The van der Waals surface area contributed by atoms with Gasteiger partial charge in [-0.15, -0.1) is 11.3 Å². The second-order valence-corrected chi connectivity index (χ2v) is 8.59. The van der Waals surface area contributed by atoms with Gasteiger partial charge in [0.05, 0.1) is 7.11 Å². The molecular formula is C25H30N2O4S. The minimum absolute atomic E-state index is 0.0272. The molecule has 2 aromatic heterocycles. The predicted octanol–water partition coefficient (Wildman–Crippen LogP) is 5.40. The Balaban J connectivity index is 1.80. The summed E-state index contributed by atoms with van der Waals surface area (Å²) in [5, 5.41) is 2.02.